The molecule has 0 aromatic carbocycles. The third-order valence-corrected chi connectivity index (χ3v) is 3.83. The molecular formula is C13H23NO3. The van der Waals surface area contributed by atoms with Crippen molar-refractivity contribution in [3.8, 4) is 0 Å². The summed E-state index contributed by atoms with van der Waals surface area (Å²) in [6.07, 6.45) is 8.09. The number of carbonyl (C=O) groups excluding carboxylic acids is 1. The number of hydrogen-bond donors (Lipinski definition) is 1. The number of carbonyl (C=O) groups is 1. The molecule has 1 atom stereocenters. The minimum Gasteiger partial charge on any atom is -0.462 e. The Bertz CT molecular complexity index is 253. The van der Waals surface area contributed by atoms with Crippen LogP contribution in [0.1, 0.15) is 51.4 Å². The van der Waals surface area contributed by atoms with Gasteiger partial charge in [-0.2, -0.15) is 0 Å². The van der Waals surface area contributed by atoms with E-state index in [9.17, 15) is 4.79 Å². The zero-order valence-electron chi connectivity index (χ0n) is 10.5. The van der Waals surface area contributed by atoms with Crippen LogP contribution in [0.4, 0.5) is 0 Å². The molecule has 17 heavy (non-hydrogen) atoms. The second kappa shape index (κ2) is 5.83. The molecular weight excluding hydrogens is 218 g/mol. The van der Waals surface area contributed by atoms with Crippen molar-refractivity contribution in [2.24, 2.45) is 5.73 Å². The predicted octanol–water partition coefficient (Wildman–Crippen LogP) is 1.76. The van der Waals surface area contributed by atoms with Gasteiger partial charge < -0.3 is 15.2 Å². The van der Waals surface area contributed by atoms with Crippen molar-refractivity contribution in [3.63, 3.8) is 0 Å². The van der Waals surface area contributed by atoms with Gasteiger partial charge in [-0.3, -0.25) is 4.79 Å². The van der Waals surface area contributed by atoms with Gasteiger partial charge in [0.2, 0.25) is 0 Å². The van der Waals surface area contributed by atoms with Crippen molar-refractivity contribution in [1.29, 1.82) is 0 Å². The van der Waals surface area contributed by atoms with E-state index in [1.807, 2.05) is 0 Å². The van der Waals surface area contributed by atoms with Gasteiger partial charge in [0.05, 0.1) is 6.10 Å². The van der Waals surface area contributed by atoms with E-state index in [0.29, 0.717) is 6.61 Å². The lowest BCUT2D eigenvalue weighted by atomic mass is 9.92. The summed E-state index contributed by atoms with van der Waals surface area (Å²) >= 11 is 0. The topological polar surface area (TPSA) is 61.6 Å². The molecule has 4 nitrogen and oxygen atoms in total. The van der Waals surface area contributed by atoms with E-state index >= 15 is 0 Å². The van der Waals surface area contributed by atoms with Gasteiger partial charge in [-0.15, -0.1) is 0 Å². The highest BCUT2D eigenvalue weighted by atomic mass is 16.6. The fraction of sp³-hybridized carbons (Fsp3) is 0.923. The Labute approximate surface area is 103 Å². The van der Waals surface area contributed by atoms with Crippen molar-refractivity contribution in [3.05, 3.63) is 0 Å². The lowest BCUT2D eigenvalue weighted by Crippen LogP contribution is -2.49. The molecule has 0 aromatic heterocycles. The zero-order valence-corrected chi connectivity index (χ0v) is 10.5. The molecule has 2 rings (SSSR count). The van der Waals surface area contributed by atoms with E-state index in [0.717, 1.165) is 45.1 Å². The molecule has 98 valence electrons. The van der Waals surface area contributed by atoms with E-state index in [-0.39, 0.29) is 12.1 Å². The highest BCUT2D eigenvalue weighted by Crippen LogP contribution is 2.26. The summed E-state index contributed by atoms with van der Waals surface area (Å²) in [5.41, 5.74) is 5.43. The van der Waals surface area contributed by atoms with Crippen molar-refractivity contribution in [2.75, 3.05) is 13.2 Å². The average Bonchev–Trinajstić information content (AvgIpc) is 2.74. The highest BCUT2D eigenvalue weighted by molar-refractivity contribution is 5.80. The maximum Gasteiger partial charge on any atom is 0.326 e. The molecule has 0 amide bonds. The largest absolute Gasteiger partial charge is 0.462 e. The van der Waals surface area contributed by atoms with Crippen LogP contribution in [0.3, 0.4) is 0 Å². The number of nitrogens with two attached hydrogens (primary N) is 1. The summed E-state index contributed by atoms with van der Waals surface area (Å²) in [5.74, 6) is -0.227. The first-order chi connectivity index (χ1) is 8.21. The standard InChI is InChI=1S/C13H23NO3/c14-13(7-3-1-2-4-8-13)12(15)17-10-11-6-5-9-16-11/h11H,1-10,14H2. The summed E-state index contributed by atoms with van der Waals surface area (Å²) < 4.78 is 10.8. The third kappa shape index (κ3) is 3.42. The van der Waals surface area contributed by atoms with E-state index in [2.05, 4.69) is 0 Å². The van der Waals surface area contributed by atoms with Crippen LogP contribution in [-0.2, 0) is 14.3 Å². The first-order valence-corrected chi connectivity index (χ1v) is 6.78. The molecule has 1 saturated heterocycles. The van der Waals surface area contributed by atoms with Crippen molar-refractivity contribution < 1.29 is 14.3 Å². The summed E-state index contributed by atoms with van der Waals surface area (Å²) in [7, 11) is 0. The van der Waals surface area contributed by atoms with Gasteiger partial charge in [0.1, 0.15) is 12.1 Å². The molecule has 0 aromatic rings. The normalized spacial score (nSPS) is 28.6. The molecule has 1 aliphatic heterocycles. The van der Waals surface area contributed by atoms with E-state index in [4.69, 9.17) is 15.2 Å². The molecule has 4 heteroatoms. The maximum absolute atomic E-state index is 12.0. The average molecular weight is 241 g/mol. The van der Waals surface area contributed by atoms with Crippen LogP contribution in [0.25, 0.3) is 0 Å². The number of ether oxygens (including phenoxy) is 2. The molecule has 1 heterocycles. The minimum absolute atomic E-state index is 0.0910. The van der Waals surface area contributed by atoms with Crippen molar-refractivity contribution in [1.82, 2.24) is 0 Å². The maximum atomic E-state index is 12.0. The lowest BCUT2D eigenvalue weighted by Gasteiger charge is -2.26. The zero-order chi connectivity index (χ0) is 12.1. The van der Waals surface area contributed by atoms with Crippen molar-refractivity contribution in [2.45, 2.75) is 63.0 Å². The second-order valence-electron chi connectivity index (χ2n) is 5.30. The molecule has 1 aliphatic carbocycles. The smallest absolute Gasteiger partial charge is 0.326 e. The summed E-state index contributed by atoms with van der Waals surface area (Å²) in [4.78, 5) is 12.0. The molecule has 0 radical (unpaired) electrons. The SMILES string of the molecule is NC1(C(=O)OCC2CCCO2)CCCCCC1. The number of esters is 1. The molecule has 2 fully saturated rings. The first-order valence-electron chi connectivity index (χ1n) is 6.78. The Kier molecular flexibility index (Phi) is 4.40. The summed E-state index contributed by atoms with van der Waals surface area (Å²) in [6, 6.07) is 0. The summed E-state index contributed by atoms with van der Waals surface area (Å²) in [6.45, 7) is 1.16. The van der Waals surface area contributed by atoms with Crippen LogP contribution in [0.2, 0.25) is 0 Å². The molecule has 1 saturated carbocycles. The predicted molar refractivity (Wildman–Crippen MR) is 64.6 cm³/mol. The molecule has 0 spiro atoms. The van der Waals surface area contributed by atoms with Crippen LogP contribution in [0, 0.1) is 0 Å². The molecule has 0 bridgehead atoms. The lowest BCUT2D eigenvalue weighted by molar-refractivity contribution is -0.154. The fourth-order valence-electron chi connectivity index (χ4n) is 2.65. The van der Waals surface area contributed by atoms with E-state index in [1.54, 1.807) is 0 Å². The quantitative estimate of drug-likeness (QED) is 0.604. The number of hydrogen-bond acceptors (Lipinski definition) is 4. The Morgan fingerprint density at radius 2 is 1.94 bits per heavy atom. The second-order valence-corrected chi connectivity index (χ2v) is 5.30. The van der Waals surface area contributed by atoms with Gasteiger partial charge in [0.15, 0.2) is 0 Å². The fourth-order valence-corrected chi connectivity index (χ4v) is 2.65. The Morgan fingerprint density at radius 3 is 2.53 bits per heavy atom. The Morgan fingerprint density at radius 1 is 1.24 bits per heavy atom. The van der Waals surface area contributed by atoms with Gasteiger partial charge in [0, 0.05) is 6.61 Å². The van der Waals surface area contributed by atoms with Crippen molar-refractivity contribution >= 4 is 5.97 Å². The summed E-state index contributed by atoms with van der Waals surface area (Å²) in [5, 5.41) is 0. The van der Waals surface area contributed by atoms with Crippen LogP contribution in [-0.4, -0.2) is 30.8 Å². The first kappa shape index (κ1) is 12.8. The van der Waals surface area contributed by atoms with E-state index in [1.165, 1.54) is 12.8 Å². The van der Waals surface area contributed by atoms with Gasteiger partial charge in [-0.25, -0.2) is 0 Å². The third-order valence-electron chi connectivity index (χ3n) is 3.83. The van der Waals surface area contributed by atoms with Crippen LogP contribution >= 0.6 is 0 Å². The molecule has 1 unspecified atom stereocenters. The van der Waals surface area contributed by atoms with Gasteiger partial charge in [-0.1, -0.05) is 25.7 Å². The van der Waals surface area contributed by atoms with Crippen LogP contribution in [0.5, 0.6) is 0 Å². The van der Waals surface area contributed by atoms with Crippen LogP contribution < -0.4 is 5.73 Å². The number of rotatable bonds is 3. The van der Waals surface area contributed by atoms with Gasteiger partial charge in [0.25, 0.3) is 0 Å². The molecule has 2 aliphatic rings. The van der Waals surface area contributed by atoms with Gasteiger partial charge in [-0.05, 0) is 25.7 Å². The molecule has 2 N–H and O–H groups in total. The Hall–Kier alpha value is -0.610. The van der Waals surface area contributed by atoms with Gasteiger partial charge >= 0.3 is 5.97 Å². The van der Waals surface area contributed by atoms with E-state index < -0.39 is 5.54 Å². The monoisotopic (exact) mass is 241 g/mol. The minimum atomic E-state index is -0.741. The highest BCUT2D eigenvalue weighted by Gasteiger charge is 2.36. The Balaban J connectivity index is 1.80. The van der Waals surface area contributed by atoms with Crippen LogP contribution in [0.15, 0.2) is 0 Å².